The number of carbonyl (C=O) groups excluding carboxylic acids is 1. The summed E-state index contributed by atoms with van der Waals surface area (Å²) >= 11 is 0. The SMILES string of the molecule is COc1cc(C(F)(F)F)cc(C)c1C(C)=O. The van der Waals surface area contributed by atoms with Crippen LogP contribution in [0.3, 0.4) is 0 Å². The second-order valence-corrected chi connectivity index (χ2v) is 3.42. The predicted octanol–water partition coefficient (Wildman–Crippen LogP) is 3.23. The molecular formula is C11H11F3O2. The Morgan fingerprint density at radius 2 is 1.88 bits per heavy atom. The summed E-state index contributed by atoms with van der Waals surface area (Å²) < 4.78 is 42.2. The van der Waals surface area contributed by atoms with Gasteiger partial charge in [0.25, 0.3) is 0 Å². The molecule has 0 spiro atoms. The first-order chi connectivity index (χ1) is 7.27. The molecule has 0 fully saturated rings. The van der Waals surface area contributed by atoms with Crippen molar-refractivity contribution >= 4 is 5.78 Å². The van der Waals surface area contributed by atoms with Crippen molar-refractivity contribution in [1.29, 1.82) is 0 Å². The van der Waals surface area contributed by atoms with Gasteiger partial charge in [-0.3, -0.25) is 4.79 Å². The molecule has 0 atom stereocenters. The van der Waals surface area contributed by atoms with Crippen LogP contribution in [-0.2, 0) is 6.18 Å². The number of hydrogen-bond donors (Lipinski definition) is 0. The standard InChI is InChI=1S/C11H11F3O2/c1-6-4-8(11(12,13)14)5-9(16-3)10(6)7(2)15/h4-5H,1-3H3. The zero-order chi connectivity index (χ0) is 12.5. The van der Waals surface area contributed by atoms with Gasteiger partial charge in [-0.05, 0) is 31.5 Å². The van der Waals surface area contributed by atoms with Gasteiger partial charge in [-0.1, -0.05) is 0 Å². The van der Waals surface area contributed by atoms with E-state index in [4.69, 9.17) is 4.74 Å². The van der Waals surface area contributed by atoms with E-state index in [1.165, 1.54) is 21.0 Å². The Kier molecular flexibility index (Phi) is 3.26. The van der Waals surface area contributed by atoms with Crippen LogP contribution >= 0.6 is 0 Å². The number of ether oxygens (including phenoxy) is 1. The fourth-order valence-corrected chi connectivity index (χ4v) is 1.53. The van der Waals surface area contributed by atoms with Crippen LogP contribution in [0.25, 0.3) is 0 Å². The van der Waals surface area contributed by atoms with Crippen molar-refractivity contribution in [3.05, 3.63) is 28.8 Å². The average molecular weight is 232 g/mol. The van der Waals surface area contributed by atoms with Crippen molar-refractivity contribution in [1.82, 2.24) is 0 Å². The van der Waals surface area contributed by atoms with Crippen molar-refractivity contribution < 1.29 is 22.7 Å². The summed E-state index contributed by atoms with van der Waals surface area (Å²) in [5.41, 5.74) is -0.360. The summed E-state index contributed by atoms with van der Waals surface area (Å²) in [4.78, 5) is 11.2. The monoisotopic (exact) mass is 232 g/mol. The highest BCUT2D eigenvalue weighted by atomic mass is 19.4. The average Bonchev–Trinajstić information content (AvgIpc) is 2.14. The molecule has 1 aromatic rings. The second-order valence-electron chi connectivity index (χ2n) is 3.42. The summed E-state index contributed by atoms with van der Waals surface area (Å²) in [7, 11) is 1.24. The Balaban J connectivity index is 3.44. The van der Waals surface area contributed by atoms with Gasteiger partial charge in [0, 0.05) is 0 Å². The van der Waals surface area contributed by atoms with E-state index in [-0.39, 0.29) is 22.7 Å². The molecule has 1 rings (SSSR count). The van der Waals surface area contributed by atoms with Gasteiger partial charge in [-0.2, -0.15) is 13.2 Å². The van der Waals surface area contributed by atoms with Crippen molar-refractivity contribution in [2.75, 3.05) is 7.11 Å². The molecule has 0 saturated heterocycles. The fourth-order valence-electron chi connectivity index (χ4n) is 1.53. The quantitative estimate of drug-likeness (QED) is 0.732. The molecule has 0 aliphatic heterocycles. The number of ketones is 1. The Labute approximate surface area is 91.0 Å². The van der Waals surface area contributed by atoms with Crippen LogP contribution in [0.4, 0.5) is 13.2 Å². The summed E-state index contributed by atoms with van der Waals surface area (Å²) in [6.45, 7) is 2.74. The number of rotatable bonds is 2. The molecule has 0 N–H and O–H groups in total. The molecular weight excluding hydrogens is 221 g/mol. The minimum absolute atomic E-state index is 0.0418. The van der Waals surface area contributed by atoms with Gasteiger partial charge < -0.3 is 4.74 Å². The van der Waals surface area contributed by atoms with E-state index in [1.54, 1.807) is 0 Å². The second kappa shape index (κ2) is 4.15. The van der Waals surface area contributed by atoms with Crippen LogP contribution in [0.15, 0.2) is 12.1 Å². The molecule has 0 saturated carbocycles. The van der Waals surface area contributed by atoms with E-state index in [0.29, 0.717) is 0 Å². The van der Waals surface area contributed by atoms with Crippen molar-refractivity contribution in [2.24, 2.45) is 0 Å². The molecule has 0 aliphatic rings. The molecule has 0 aromatic heterocycles. The van der Waals surface area contributed by atoms with E-state index in [2.05, 4.69) is 0 Å². The molecule has 88 valence electrons. The molecule has 0 unspecified atom stereocenters. The lowest BCUT2D eigenvalue weighted by atomic mass is 10.0. The van der Waals surface area contributed by atoms with E-state index >= 15 is 0 Å². The molecule has 0 aliphatic carbocycles. The molecule has 0 heterocycles. The Morgan fingerprint density at radius 3 is 2.25 bits per heavy atom. The van der Waals surface area contributed by atoms with Crippen molar-refractivity contribution in [2.45, 2.75) is 20.0 Å². The summed E-state index contributed by atoms with van der Waals surface area (Å²) in [6, 6.07) is 1.78. The third-order valence-electron chi connectivity index (χ3n) is 2.20. The Bertz CT molecular complexity index is 422. The van der Waals surface area contributed by atoms with Crippen LogP contribution in [-0.4, -0.2) is 12.9 Å². The number of Topliss-reactive ketones (excluding diaryl/α,β-unsaturated/α-hetero) is 1. The predicted molar refractivity (Wildman–Crippen MR) is 52.7 cm³/mol. The summed E-state index contributed by atoms with van der Waals surface area (Å²) in [5, 5.41) is 0. The summed E-state index contributed by atoms with van der Waals surface area (Å²) in [5.74, 6) is -0.358. The smallest absolute Gasteiger partial charge is 0.416 e. The summed E-state index contributed by atoms with van der Waals surface area (Å²) in [6.07, 6.45) is -4.44. The maximum atomic E-state index is 12.5. The fraction of sp³-hybridized carbons (Fsp3) is 0.364. The largest absolute Gasteiger partial charge is 0.496 e. The van der Waals surface area contributed by atoms with E-state index in [0.717, 1.165) is 12.1 Å². The number of aryl methyl sites for hydroxylation is 1. The lowest BCUT2D eigenvalue weighted by Crippen LogP contribution is -2.09. The molecule has 16 heavy (non-hydrogen) atoms. The maximum Gasteiger partial charge on any atom is 0.416 e. The van der Waals surface area contributed by atoms with Gasteiger partial charge in [-0.25, -0.2) is 0 Å². The molecule has 0 amide bonds. The van der Waals surface area contributed by atoms with Gasteiger partial charge in [-0.15, -0.1) is 0 Å². The van der Waals surface area contributed by atoms with E-state index in [9.17, 15) is 18.0 Å². The topological polar surface area (TPSA) is 26.3 Å². The first-order valence-corrected chi connectivity index (χ1v) is 4.54. The molecule has 1 aromatic carbocycles. The lowest BCUT2D eigenvalue weighted by molar-refractivity contribution is -0.137. The van der Waals surface area contributed by atoms with Crippen molar-refractivity contribution in [3.63, 3.8) is 0 Å². The number of methoxy groups -OCH3 is 1. The highest BCUT2D eigenvalue weighted by molar-refractivity contribution is 5.98. The highest BCUT2D eigenvalue weighted by Crippen LogP contribution is 2.34. The van der Waals surface area contributed by atoms with Gasteiger partial charge in [0.1, 0.15) is 5.75 Å². The number of halogens is 3. The van der Waals surface area contributed by atoms with Crippen LogP contribution in [0, 0.1) is 6.92 Å². The van der Waals surface area contributed by atoms with Gasteiger partial charge in [0.05, 0.1) is 18.2 Å². The zero-order valence-corrected chi connectivity index (χ0v) is 9.11. The third-order valence-corrected chi connectivity index (χ3v) is 2.20. The first-order valence-electron chi connectivity index (χ1n) is 4.54. The number of benzene rings is 1. The van der Waals surface area contributed by atoms with E-state index < -0.39 is 11.7 Å². The van der Waals surface area contributed by atoms with Crippen LogP contribution in [0.5, 0.6) is 5.75 Å². The highest BCUT2D eigenvalue weighted by Gasteiger charge is 2.32. The van der Waals surface area contributed by atoms with Gasteiger partial charge in [0.15, 0.2) is 5.78 Å². The van der Waals surface area contributed by atoms with Crippen molar-refractivity contribution in [3.8, 4) is 5.75 Å². The van der Waals surface area contributed by atoms with E-state index in [1.807, 2.05) is 0 Å². The van der Waals surface area contributed by atoms with Gasteiger partial charge >= 0.3 is 6.18 Å². The lowest BCUT2D eigenvalue weighted by Gasteiger charge is -2.13. The first kappa shape index (κ1) is 12.5. The number of alkyl halides is 3. The molecule has 0 bridgehead atoms. The molecule has 5 heteroatoms. The minimum atomic E-state index is -4.44. The number of hydrogen-bond acceptors (Lipinski definition) is 2. The van der Waals surface area contributed by atoms with Crippen LogP contribution in [0.2, 0.25) is 0 Å². The minimum Gasteiger partial charge on any atom is -0.496 e. The van der Waals surface area contributed by atoms with Crippen LogP contribution in [0.1, 0.15) is 28.4 Å². The number of carbonyl (C=O) groups is 1. The Morgan fingerprint density at radius 1 is 1.31 bits per heavy atom. The van der Waals surface area contributed by atoms with Gasteiger partial charge in [0.2, 0.25) is 0 Å². The maximum absolute atomic E-state index is 12.5. The molecule has 0 radical (unpaired) electrons. The normalized spacial score (nSPS) is 11.4. The third kappa shape index (κ3) is 2.35. The zero-order valence-electron chi connectivity index (χ0n) is 9.11. The Hall–Kier alpha value is -1.52. The molecule has 2 nitrogen and oxygen atoms in total. The van der Waals surface area contributed by atoms with Crippen LogP contribution < -0.4 is 4.74 Å².